The Morgan fingerprint density at radius 1 is 1.39 bits per heavy atom. The predicted molar refractivity (Wildman–Crippen MR) is 99.0 cm³/mol. The van der Waals surface area contributed by atoms with Gasteiger partial charge in [0.2, 0.25) is 5.91 Å². The first-order valence-electron chi connectivity index (χ1n) is 9.14. The molecule has 7 nitrogen and oxygen atoms in total. The van der Waals surface area contributed by atoms with Crippen LogP contribution in [-0.4, -0.2) is 56.0 Å². The molecule has 2 aromatic rings. The van der Waals surface area contributed by atoms with Gasteiger partial charge in [0.25, 0.3) is 0 Å². The molecule has 28 heavy (non-hydrogen) atoms. The second-order valence-corrected chi connectivity index (χ2v) is 7.48. The van der Waals surface area contributed by atoms with Crippen molar-refractivity contribution in [3.8, 4) is 0 Å². The van der Waals surface area contributed by atoms with Crippen molar-refractivity contribution >= 4 is 11.9 Å². The van der Waals surface area contributed by atoms with Crippen LogP contribution in [0.15, 0.2) is 30.5 Å². The Morgan fingerprint density at radius 3 is 2.75 bits per heavy atom. The second-order valence-electron chi connectivity index (χ2n) is 7.48. The van der Waals surface area contributed by atoms with Crippen LogP contribution in [0.2, 0.25) is 0 Å². The van der Waals surface area contributed by atoms with E-state index in [2.05, 4.69) is 5.10 Å². The average Bonchev–Trinajstić information content (AvgIpc) is 2.93. The van der Waals surface area contributed by atoms with Gasteiger partial charge in [-0.3, -0.25) is 14.3 Å². The standard InChI is InChI=1S/C20H24FN3O4/c1-13-15(11-23(2)22-13)9-18(26)24-7-6-17(25)20(12-24,19(27)28)10-14-4-3-5-16(21)8-14/h3-5,8,11,17,25H,6-7,9-10,12H2,1-2H3,(H,27,28)/t17-,20-/m1/s1. The number of amides is 1. The molecule has 1 aliphatic rings. The highest BCUT2D eigenvalue weighted by Gasteiger charge is 2.50. The largest absolute Gasteiger partial charge is 0.481 e. The molecule has 2 atom stereocenters. The summed E-state index contributed by atoms with van der Waals surface area (Å²) >= 11 is 0. The first kappa shape index (κ1) is 20.0. The third-order valence-electron chi connectivity index (χ3n) is 5.43. The van der Waals surface area contributed by atoms with E-state index in [0.717, 1.165) is 11.3 Å². The number of aliphatic hydroxyl groups excluding tert-OH is 1. The van der Waals surface area contributed by atoms with E-state index in [1.54, 1.807) is 24.0 Å². The van der Waals surface area contributed by atoms with E-state index in [0.29, 0.717) is 5.56 Å². The lowest BCUT2D eigenvalue weighted by molar-refractivity contribution is -0.165. The molecule has 1 aliphatic heterocycles. The van der Waals surface area contributed by atoms with Crippen LogP contribution >= 0.6 is 0 Å². The summed E-state index contributed by atoms with van der Waals surface area (Å²) in [6, 6.07) is 5.67. The molecule has 8 heteroatoms. The fourth-order valence-corrected chi connectivity index (χ4v) is 3.86. The van der Waals surface area contributed by atoms with Crippen LogP contribution in [0.25, 0.3) is 0 Å². The smallest absolute Gasteiger partial charge is 0.314 e. The highest BCUT2D eigenvalue weighted by Crippen LogP contribution is 2.35. The van der Waals surface area contributed by atoms with Crippen molar-refractivity contribution in [2.24, 2.45) is 12.5 Å². The fourth-order valence-electron chi connectivity index (χ4n) is 3.86. The second kappa shape index (κ2) is 7.71. The molecule has 3 rings (SSSR count). The molecule has 0 aliphatic carbocycles. The molecule has 2 N–H and O–H groups in total. The Labute approximate surface area is 162 Å². The number of likely N-dealkylation sites (tertiary alicyclic amines) is 1. The molecular formula is C20H24FN3O4. The van der Waals surface area contributed by atoms with E-state index in [-0.39, 0.29) is 38.3 Å². The van der Waals surface area contributed by atoms with Crippen molar-refractivity contribution in [2.45, 2.75) is 32.3 Å². The van der Waals surface area contributed by atoms with Crippen LogP contribution in [0.3, 0.4) is 0 Å². The van der Waals surface area contributed by atoms with Gasteiger partial charge in [-0.05, 0) is 37.5 Å². The van der Waals surface area contributed by atoms with E-state index in [1.807, 2.05) is 6.92 Å². The number of aliphatic hydroxyl groups is 1. The molecule has 1 fully saturated rings. The zero-order valence-electron chi connectivity index (χ0n) is 15.9. The van der Waals surface area contributed by atoms with Gasteiger partial charge in [-0.1, -0.05) is 12.1 Å². The lowest BCUT2D eigenvalue weighted by Gasteiger charge is -2.43. The lowest BCUT2D eigenvalue weighted by atomic mass is 9.72. The molecule has 150 valence electrons. The maximum atomic E-state index is 13.5. The van der Waals surface area contributed by atoms with Crippen LogP contribution < -0.4 is 0 Å². The molecule has 1 saturated heterocycles. The Bertz CT molecular complexity index is 897. The average molecular weight is 389 g/mol. The van der Waals surface area contributed by atoms with Crippen molar-refractivity contribution in [2.75, 3.05) is 13.1 Å². The molecule has 0 radical (unpaired) electrons. The molecule has 0 saturated carbocycles. The summed E-state index contributed by atoms with van der Waals surface area (Å²) in [7, 11) is 1.77. The first-order valence-corrected chi connectivity index (χ1v) is 9.14. The third kappa shape index (κ3) is 3.91. The van der Waals surface area contributed by atoms with Gasteiger partial charge in [0, 0.05) is 31.9 Å². The normalized spacial score (nSPS) is 22.3. The van der Waals surface area contributed by atoms with Crippen LogP contribution in [-0.2, 0) is 29.5 Å². The number of carbonyl (C=O) groups is 2. The van der Waals surface area contributed by atoms with Gasteiger partial charge in [-0.2, -0.15) is 5.10 Å². The van der Waals surface area contributed by atoms with Gasteiger partial charge in [0.1, 0.15) is 11.2 Å². The van der Waals surface area contributed by atoms with Crippen LogP contribution in [0, 0.1) is 18.2 Å². The number of hydrogen-bond donors (Lipinski definition) is 2. The van der Waals surface area contributed by atoms with Crippen molar-refractivity contribution in [3.05, 3.63) is 53.1 Å². The van der Waals surface area contributed by atoms with Gasteiger partial charge in [0.05, 0.1) is 18.2 Å². The van der Waals surface area contributed by atoms with Crippen molar-refractivity contribution in [3.63, 3.8) is 0 Å². The van der Waals surface area contributed by atoms with E-state index >= 15 is 0 Å². The predicted octanol–water partition coefficient (Wildman–Crippen LogP) is 1.32. The number of halogens is 1. The number of carboxylic acids is 1. The summed E-state index contributed by atoms with van der Waals surface area (Å²) in [5.74, 6) is -1.88. The zero-order valence-corrected chi connectivity index (χ0v) is 15.9. The maximum absolute atomic E-state index is 13.5. The SMILES string of the molecule is Cc1nn(C)cc1CC(=O)N1CC[C@@H](O)[C@](Cc2cccc(F)c2)(C(=O)O)C1. The Balaban J connectivity index is 1.83. The number of piperidine rings is 1. The van der Waals surface area contributed by atoms with Gasteiger partial charge in [-0.15, -0.1) is 0 Å². The minimum absolute atomic E-state index is 0.0586. The number of rotatable bonds is 5. The summed E-state index contributed by atoms with van der Waals surface area (Å²) in [6.07, 6.45) is 0.850. The summed E-state index contributed by atoms with van der Waals surface area (Å²) in [6.45, 7) is 1.96. The molecule has 2 heterocycles. The fraction of sp³-hybridized carbons (Fsp3) is 0.450. The molecule has 0 spiro atoms. The molecule has 1 aromatic heterocycles. The number of hydrogen-bond acceptors (Lipinski definition) is 4. The zero-order chi connectivity index (χ0) is 20.5. The van der Waals surface area contributed by atoms with E-state index < -0.39 is 23.3 Å². The Kier molecular flexibility index (Phi) is 5.51. The molecule has 0 bridgehead atoms. The summed E-state index contributed by atoms with van der Waals surface area (Å²) in [5, 5.41) is 24.7. The first-order chi connectivity index (χ1) is 13.2. The monoisotopic (exact) mass is 389 g/mol. The topological polar surface area (TPSA) is 95.7 Å². The van der Waals surface area contributed by atoms with Crippen LogP contribution in [0.1, 0.15) is 23.2 Å². The third-order valence-corrected chi connectivity index (χ3v) is 5.43. The highest BCUT2D eigenvalue weighted by atomic mass is 19.1. The number of aromatic nitrogens is 2. The van der Waals surface area contributed by atoms with E-state index in [4.69, 9.17) is 0 Å². The highest BCUT2D eigenvalue weighted by molar-refractivity contribution is 5.82. The lowest BCUT2D eigenvalue weighted by Crippen LogP contribution is -2.58. The number of carboxylic acid groups (broad SMARTS) is 1. The number of benzene rings is 1. The number of carbonyl (C=O) groups excluding carboxylic acids is 1. The molecule has 0 unspecified atom stereocenters. The quantitative estimate of drug-likeness (QED) is 0.804. The van der Waals surface area contributed by atoms with E-state index in [1.165, 1.54) is 23.1 Å². The Hall–Kier alpha value is -2.74. The van der Waals surface area contributed by atoms with Gasteiger partial charge in [-0.25, -0.2) is 4.39 Å². The number of nitrogens with zero attached hydrogens (tertiary/aromatic N) is 3. The number of aliphatic carboxylic acids is 1. The summed E-state index contributed by atoms with van der Waals surface area (Å²) in [5.41, 5.74) is 0.423. The van der Waals surface area contributed by atoms with Gasteiger partial charge >= 0.3 is 5.97 Å². The minimum Gasteiger partial charge on any atom is -0.481 e. The van der Waals surface area contributed by atoms with Gasteiger partial charge in [0.15, 0.2) is 0 Å². The van der Waals surface area contributed by atoms with Crippen LogP contribution in [0.5, 0.6) is 0 Å². The number of aryl methyl sites for hydroxylation is 2. The van der Waals surface area contributed by atoms with Crippen molar-refractivity contribution in [1.82, 2.24) is 14.7 Å². The van der Waals surface area contributed by atoms with Crippen molar-refractivity contribution in [1.29, 1.82) is 0 Å². The Morgan fingerprint density at radius 2 is 2.14 bits per heavy atom. The van der Waals surface area contributed by atoms with Crippen molar-refractivity contribution < 1.29 is 24.2 Å². The molecule has 1 aromatic carbocycles. The van der Waals surface area contributed by atoms with Crippen LogP contribution in [0.4, 0.5) is 4.39 Å². The molecular weight excluding hydrogens is 365 g/mol. The summed E-state index contributed by atoms with van der Waals surface area (Å²) in [4.78, 5) is 26.4. The minimum atomic E-state index is -1.58. The summed E-state index contributed by atoms with van der Waals surface area (Å²) < 4.78 is 15.2. The molecule has 1 amide bonds. The van der Waals surface area contributed by atoms with Gasteiger partial charge < -0.3 is 15.1 Å². The maximum Gasteiger partial charge on any atom is 0.314 e. The van der Waals surface area contributed by atoms with E-state index in [9.17, 15) is 24.2 Å².